The fourth-order valence-electron chi connectivity index (χ4n) is 5.88. The van der Waals surface area contributed by atoms with E-state index in [0.717, 1.165) is 42.0 Å². The SMILES string of the molecule is COc1ccc(N(CC(=O)N(Cc2ccc(F)cc2)C(Cc2ccccc2)C(=O)NC2CCCCC2)S(=O)(=O)c2ccccc2)cc1. The van der Waals surface area contributed by atoms with Crippen LogP contribution in [0.25, 0.3) is 0 Å². The molecule has 1 aliphatic carbocycles. The number of rotatable bonds is 13. The molecule has 1 N–H and O–H groups in total. The van der Waals surface area contributed by atoms with Crippen molar-refractivity contribution in [1.82, 2.24) is 10.2 Å². The van der Waals surface area contributed by atoms with Gasteiger partial charge in [-0.1, -0.05) is 79.9 Å². The van der Waals surface area contributed by atoms with Crippen LogP contribution in [0.2, 0.25) is 0 Å². The molecule has 1 saturated carbocycles. The molecule has 0 aliphatic heterocycles. The standard InChI is InChI=1S/C37H40FN3O5S/c1-46-33-23-21-32(22-24-33)41(47(44,45)34-15-9-4-10-16-34)27-36(42)40(26-29-17-19-30(38)20-18-29)35(25-28-11-5-2-6-12-28)37(43)39-31-13-7-3-8-14-31/h2,4-6,9-12,15-24,31,35H,3,7-8,13-14,25-27H2,1H3,(H,39,43). The van der Waals surface area contributed by atoms with Gasteiger partial charge in [0.15, 0.2) is 0 Å². The summed E-state index contributed by atoms with van der Waals surface area (Å²) in [6.45, 7) is -0.608. The Bertz CT molecular complexity index is 1710. The highest BCUT2D eigenvalue weighted by Gasteiger charge is 2.35. The van der Waals surface area contributed by atoms with Gasteiger partial charge in [0.25, 0.3) is 10.0 Å². The summed E-state index contributed by atoms with van der Waals surface area (Å²) in [5.74, 6) is -0.790. The molecule has 47 heavy (non-hydrogen) atoms. The first-order valence-electron chi connectivity index (χ1n) is 15.8. The molecule has 0 bridgehead atoms. The average Bonchev–Trinajstić information content (AvgIpc) is 3.10. The van der Waals surface area contributed by atoms with E-state index in [0.29, 0.717) is 11.3 Å². The van der Waals surface area contributed by atoms with E-state index in [1.54, 1.807) is 54.6 Å². The lowest BCUT2D eigenvalue weighted by molar-refractivity contribution is -0.140. The van der Waals surface area contributed by atoms with Crippen LogP contribution < -0.4 is 14.4 Å². The van der Waals surface area contributed by atoms with Crippen molar-refractivity contribution in [1.29, 1.82) is 0 Å². The fourth-order valence-corrected chi connectivity index (χ4v) is 7.32. The maximum absolute atomic E-state index is 14.6. The quantitative estimate of drug-likeness (QED) is 0.187. The molecule has 246 valence electrons. The zero-order chi connectivity index (χ0) is 33.2. The molecule has 5 rings (SSSR count). The van der Waals surface area contributed by atoms with Crippen molar-refractivity contribution in [2.45, 2.75) is 62.0 Å². The molecule has 1 atom stereocenters. The van der Waals surface area contributed by atoms with Crippen LogP contribution in [0.4, 0.5) is 10.1 Å². The van der Waals surface area contributed by atoms with Crippen molar-refractivity contribution in [3.05, 3.63) is 126 Å². The molecule has 1 unspecified atom stereocenters. The van der Waals surface area contributed by atoms with Gasteiger partial charge in [-0.2, -0.15) is 0 Å². The largest absolute Gasteiger partial charge is 0.497 e. The third-order valence-electron chi connectivity index (χ3n) is 8.46. The van der Waals surface area contributed by atoms with Gasteiger partial charge >= 0.3 is 0 Å². The summed E-state index contributed by atoms with van der Waals surface area (Å²) in [6.07, 6.45) is 5.07. The number of carbonyl (C=O) groups is 2. The Morgan fingerprint density at radius 2 is 1.45 bits per heavy atom. The molecule has 1 aliphatic rings. The lowest BCUT2D eigenvalue weighted by Crippen LogP contribution is -2.55. The number of anilines is 1. The summed E-state index contributed by atoms with van der Waals surface area (Å²) in [4.78, 5) is 30.2. The lowest BCUT2D eigenvalue weighted by atomic mass is 9.94. The van der Waals surface area contributed by atoms with Crippen LogP contribution in [0.3, 0.4) is 0 Å². The first-order valence-corrected chi connectivity index (χ1v) is 17.3. The molecule has 4 aromatic rings. The van der Waals surface area contributed by atoms with Crippen LogP contribution in [0, 0.1) is 5.82 Å². The molecule has 0 heterocycles. The number of carbonyl (C=O) groups excluding carboxylic acids is 2. The van der Waals surface area contributed by atoms with Gasteiger partial charge in [0.05, 0.1) is 17.7 Å². The first-order chi connectivity index (χ1) is 22.7. The minimum Gasteiger partial charge on any atom is -0.497 e. The smallest absolute Gasteiger partial charge is 0.264 e. The van der Waals surface area contributed by atoms with E-state index in [-0.39, 0.29) is 35.5 Å². The number of nitrogens with zero attached hydrogens (tertiary/aromatic N) is 2. The van der Waals surface area contributed by atoms with E-state index in [9.17, 15) is 22.4 Å². The zero-order valence-corrected chi connectivity index (χ0v) is 27.2. The predicted molar refractivity (Wildman–Crippen MR) is 180 cm³/mol. The number of hydrogen-bond donors (Lipinski definition) is 1. The van der Waals surface area contributed by atoms with Crippen molar-refractivity contribution in [2.75, 3.05) is 18.0 Å². The highest BCUT2D eigenvalue weighted by Crippen LogP contribution is 2.27. The second-order valence-electron chi connectivity index (χ2n) is 11.7. The van der Waals surface area contributed by atoms with Crippen LogP contribution in [0.5, 0.6) is 5.75 Å². The van der Waals surface area contributed by atoms with Gasteiger partial charge < -0.3 is 15.0 Å². The normalized spacial score (nSPS) is 14.2. The molecule has 2 amide bonds. The first kappa shape index (κ1) is 33.7. The molecule has 4 aromatic carbocycles. The Labute approximate surface area is 276 Å². The van der Waals surface area contributed by atoms with Crippen molar-refractivity contribution in [2.24, 2.45) is 0 Å². The molecule has 10 heteroatoms. The molecular weight excluding hydrogens is 617 g/mol. The van der Waals surface area contributed by atoms with Crippen molar-refractivity contribution >= 4 is 27.5 Å². The van der Waals surface area contributed by atoms with E-state index in [1.807, 2.05) is 30.3 Å². The maximum Gasteiger partial charge on any atom is 0.264 e. The topological polar surface area (TPSA) is 96.0 Å². The zero-order valence-electron chi connectivity index (χ0n) is 26.4. The van der Waals surface area contributed by atoms with Gasteiger partial charge in [0.2, 0.25) is 11.8 Å². The van der Waals surface area contributed by atoms with Crippen molar-refractivity contribution < 1.29 is 27.1 Å². The summed E-state index contributed by atoms with van der Waals surface area (Å²) in [5.41, 5.74) is 1.71. The highest BCUT2D eigenvalue weighted by molar-refractivity contribution is 7.92. The minimum absolute atomic E-state index is 0.00782. The van der Waals surface area contributed by atoms with E-state index in [4.69, 9.17) is 4.74 Å². The van der Waals surface area contributed by atoms with Crippen LogP contribution >= 0.6 is 0 Å². The van der Waals surface area contributed by atoms with E-state index < -0.39 is 34.3 Å². The Morgan fingerprint density at radius 3 is 2.06 bits per heavy atom. The number of ether oxygens (including phenoxy) is 1. The summed E-state index contributed by atoms with van der Waals surface area (Å²) in [7, 11) is -2.70. The van der Waals surface area contributed by atoms with Crippen LogP contribution in [0.1, 0.15) is 43.2 Å². The summed E-state index contributed by atoms with van der Waals surface area (Å²) >= 11 is 0. The van der Waals surface area contributed by atoms with Gasteiger partial charge in [0, 0.05) is 19.0 Å². The van der Waals surface area contributed by atoms with Gasteiger partial charge in [-0.3, -0.25) is 13.9 Å². The van der Waals surface area contributed by atoms with E-state index in [2.05, 4.69) is 5.32 Å². The average molecular weight is 658 g/mol. The van der Waals surface area contributed by atoms with Gasteiger partial charge in [-0.15, -0.1) is 0 Å². The van der Waals surface area contributed by atoms with E-state index in [1.165, 1.54) is 36.3 Å². The van der Waals surface area contributed by atoms with Gasteiger partial charge in [0.1, 0.15) is 24.2 Å². The number of sulfonamides is 1. The summed E-state index contributed by atoms with van der Waals surface area (Å²) in [5, 5.41) is 3.18. The van der Waals surface area contributed by atoms with Gasteiger partial charge in [-0.25, -0.2) is 12.8 Å². The second-order valence-corrected chi connectivity index (χ2v) is 13.6. The Morgan fingerprint density at radius 1 is 0.830 bits per heavy atom. The monoisotopic (exact) mass is 657 g/mol. The van der Waals surface area contributed by atoms with Crippen LogP contribution in [-0.2, 0) is 32.6 Å². The number of methoxy groups -OCH3 is 1. The number of nitrogens with one attached hydrogen (secondary N) is 1. The Balaban J connectivity index is 1.55. The molecular formula is C37H40FN3O5S. The van der Waals surface area contributed by atoms with Gasteiger partial charge in [-0.05, 0) is 72.5 Å². The fraction of sp³-hybridized carbons (Fsp3) is 0.297. The molecule has 1 fully saturated rings. The summed E-state index contributed by atoms with van der Waals surface area (Å²) in [6, 6.07) is 28.5. The van der Waals surface area contributed by atoms with Crippen LogP contribution in [-0.4, -0.2) is 50.9 Å². The molecule has 0 aromatic heterocycles. The molecule has 0 spiro atoms. The van der Waals surface area contributed by atoms with Crippen LogP contribution in [0.15, 0.2) is 114 Å². The second kappa shape index (κ2) is 15.7. The highest BCUT2D eigenvalue weighted by atomic mass is 32.2. The Kier molecular flexibility index (Phi) is 11.3. The lowest BCUT2D eigenvalue weighted by Gasteiger charge is -2.35. The Hall–Kier alpha value is -4.70. The molecule has 0 radical (unpaired) electrons. The maximum atomic E-state index is 14.6. The molecule has 0 saturated heterocycles. The number of amides is 2. The third-order valence-corrected chi connectivity index (χ3v) is 10.2. The molecule has 8 nitrogen and oxygen atoms in total. The van der Waals surface area contributed by atoms with E-state index >= 15 is 0 Å². The minimum atomic E-state index is -4.21. The predicted octanol–water partition coefficient (Wildman–Crippen LogP) is 6.12. The van der Waals surface area contributed by atoms with Crippen molar-refractivity contribution in [3.63, 3.8) is 0 Å². The van der Waals surface area contributed by atoms with Crippen molar-refractivity contribution in [3.8, 4) is 5.75 Å². The summed E-state index contributed by atoms with van der Waals surface area (Å²) < 4.78 is 48.4. The number of halogens is 1. The number of benzene rings is 4. The number of hydrogen-bond acceptors (Lipinski definition) is 5. The third kappa shape index (κ3) is 8.77.